The molecule has 0 N–H and O–H groups in total. The lowest BCUT2D eigenvalue weighted by molar-refractivity contribution is -0.119. The van der Waals surface area contributed by atoms with Gasteiger partial charge < -0.3 is 0 Å². The van der Waals surface area contributed by atoms with Gasteiger partial charge in [-0.1, -0.05) is 25.1 Å². The number of aryl methyl sites for hydroxylation is 1. The smallest absolute Gasteiger partial charge is 0.170 e. The molecule has 0 spiro atoms. The molecule has 0 amide bonds. The van der Waals surface area contributed by atoms with Crippen LogP contribution in [0.3, 0.4) is 0 Å². The molecule has 1 fully saturated rings. The molecule has 15 heavy (non-hydrogen) atoms. The Kier molecular flexibility index (Phi) is 3.75. The zero-order chi connectivity index (χ0) is 10.7. The van der Waals surface area contributed by atoms with Crippen molar-refractivity contribution in [2.75, 3.05) is 0 Å². The normalized spacial score (nSPS) is 21.9. The van der Waals surface area contributed by atoms with Crippen LogP contribution in [-0.2, 0) is 11.2 Å². The fourth-order valence-electron chi connectivity index (χ4n) is 1.63. The molecular weight excluding hydrogens is 228 g/mol. The summed E-state index contributed by atoms with van der Waals surface area (Å²) in [6.45, 7) is 2.04. The first-order valence-corrected chi connectivity index (χ1v) is 6.97. The van der Waals surface area contributed by atoms with Crippen LogP contribution >= 0.6 is 23.3 Å². The molecule has 1 aromatic heterocycles. The highest BCUT2D eigenvalue weighted by Gasteiger charge is 2.24. The molecule has 1 atom stereocenters. The Bertz CT molecular complexity index is 351. The van der Waals surface area contributed by atoms with Gasteiger partial charge in [0.2, 0.25) is 0 Å². The van der Waals surface area contributed by atoms with E-state index in [4.69, 9.17) is 0 Å². The lowest BCUT2D eigenvalue weighted by Crippen LogP contribution is -2.21. The maximum atomic E-state index is 11.6. The Labute approximate surface area is 97.9 Å². The molecule has 2 rings (SSSR count). The maximum absolute atomic E-state index is 11.6. The molecule has 0 radical (unpaired) electrons. The number of rotatable bonds is 3. The summed E-state index contributed by atoms with van der Waals surface area (Å²) in [6.07, 6.45) is 4.85. The molecule has 0 bridgehead atoms. The number of carbonyl (C=O) groups excluding carboxylic acids is 1. The molecule has 1 saturated carbocycles. The van der Waals surface area contributed by atoms with Crippen molar-refractivity contribution >= 4 is 29.1 Å². The fraction of sp³-hybridized carbons (Fsp3) is 0.700. The highest BCUT2D eigenvalue weighted by Crippen LogP contribution is 2.32. The Morgan fingerprint density at radius 1 is 1.53 bits per heavy atom. The summed E-state index contributed by atoms with van der Waals surface area (Å²) in [5, 5.41) is 0.136. The first kappa shape index (κ1) is 11.1. The van der Waals surface area contributed by atoms with Gasteiger partial charge in [0, 0.05) is 12.8 Å². The van der Waals surface area contributed by atoms with Gasteiger partial charge >= 0.3 is 0 Å². The number of hydrogen-bond donors (Lipinski definition) is 0. The first-order chi connectivity index (χ1) is 7.29. The average Bonchev–Trinajstić information content (AvgIpc) is 2.69. The van der Waals surface area contributed by atoms with Gasteiger partial charge in [0.1, 0.15) is 11.6 Å². The van der Waals surface area contributed by atoms with E-state index in [1.54, 1.807) is 11.8 Å². The van der Waals surface area contributed by atoms with Gasteiger partial charge in [-0.05, 0) is 24.4 Å². The van der Waals surface area contributed by atoms with Gasteiger partial charge in [0.25, 0.3) is 0 Å². The van der Waals surface area contributed by atoms with E-state index >= 15 is 0 Å². The summed E-state index contributed by atoms with van der Waals surface area (Å²) in [7, 11) is 0. The third kappa shape index (κ3) is 2.78. The number of thioether (sulfide) groups is 1. The summed E-state index contributed by atoms with van der Waals surface area (Å²) in [5.41, 5.74) is 0. The van der Waals surface area contributed by atoms with Gasteiger partial charge in [-0.3, -0.25) is 4.79 Å². The van der Waals surface area contributed by atoms with Crippen molar-refractivity contribution in [1.82, 2.24) is 9.36 Å². The minimum Gasteiger partial charge on any atom is -0.298 e. The van der Waals surface area contributed by atoms with E-state index in [-0.39, 0.29) is 5.25 Å². The van der Waals surface area contributed by atoms with Crippen LogP contribution < -0.4 is 0 Å². The summed E-state index contributed by atoms with van der Waals surface area (Å²) in [5.74, 6) is 1.28. The van der Waals surface area contributed by atoms with Gasteiger partial charge in [-0.2, -0.15) is 4.37 Å². The van der Waals surface area contributed by atoms with E-state index in [9.17, 15) is 4.79 Å². The van der Waals surface area contributed by atoms with Crippen LogP contribution in [0.4, 0.5) is 0 Å². The molecular formula is C10H14N2OS2. The van der Waals surface area contributed by atoms with Crippen molar-refractivity contribution in [2.45, 2.75) is 48.6 Å². The van der Waals surface area contributed by atoms with E-state index in [0.717, 1.165) is 35.8 Å². The van der Waals surface area contributed by atoms with Crippen LogP contribution in [0.5, 0.6) is 0 Å². The number of ketones is 1. The third-order valence-electron chi connectivity index (χ3n) is 2.51. The van der Waals surface area contributed by atoms with Gasteiger partial charge in [0.05, 0.1) is 5.25 Å². The lowest BCUT2D eigenvalue weighted by atomic mass is 9.99. The zero-order valence-electron chi connectivity index (χ0n) is 8.73. The van der Waals surface area contributed by atoms with Crippen molar-refractivity contribution in [3.63, 3.8) is 0 Å². The highest BCUT2D eigenvalue weighted by molar-refractivity contribution is 8.02. The topological polar surface area (TPSA) is 42.9 Å². The van der Waals surface area contributed by atoms with E-state index in [1.165, 1.54) is 18.0 Å². The molecule has 82 valence electrons. The van der Waals surface area contributed by atoms with Crippen LogP contribution in [0.25, 0.3) is 0 Å². The number of aromatic nitrogens is 2. The Hall–Kier alpha value is -0.420. The molecule has 1 heterocycles. The predicted molar refractivity (Wildman–Crippen MR) is 62.4 cm³/mol. The Balaban J connectivity index is 1.98. The zero-order valence-corrected chi connectivity index (χ0v) is 10.4. The number of nitrogens with zero attached hydrogens (tertiary/aromatic N) is 2. The number of Topliss-reactive ketones (excluding diaryl/α,β-unsaturated/α-hetero) is 1. The fourth-order valence-corrected chi connectivity index (χ4v) is 3.69. The van der Waals surface area contributed by atoms with E-state index in [1.807, 2.05) is 6.92 Å². The Morgan fingerprint density at radius 2 is 2.40 bits per heavy atom. The van der Waals surface area contributed by atoms with Crippen molar-refractivity contribution < 1.29 is 4.79 Å². The van der Waals surface area contributed by atoms with Crippen molar-refractivity contribution in [1.29, 1.82) is 0 Å². The minimum absolute atomic E-state index is 0.136. The van der Waals surface area contributed by atoms with E-state index < -0.39 is 0 Å². The molecule has 1 unspecified atom stereocenters. The van der Waals surface area contributed by atoms with Crippen molar-refractivity contribution in [3.8, 4) is 0 Å². The largest absolute Gasteiger partial charge is 0.298 e. The lowest BCUT2D eigenvalue weighted by Gasteiger charge is -2.18. The van der Waals surface area contributed by atoms with Crippen LogP contribution in [0, 0.1) is 0 Å². The van der Waals surface area contributed by atoms with Crippen LogP contribution in [0.15, 0.2) is 4.34 Å². The summed E-state index contributed by atoms with van der Waals surface area (Å²) < 4.78 is 5.17. The monoisotopic (exact) mass is 242 g/mol. The molecule has 0 saturated heterocycles. The third-order valence-corrected chi connectivity index (χ3v) is 4.65. The number of carbonyl (C=O) groups is 1. The van der Waals surface area contributed by atoms with Crippen LogP contribution in [0.2, 0.25) is 0 Å². The highest BCUT2D eigenvalue weighted by atomic mass is 32.2. The molecule has 0 aromatic carbocycles. The first-order valence-electron chi connectivity index (χ1n) is 5.31. The quantitative estimate of drug-likeness (QED) is 0.817. The van der Waals surface area contributed by atoms with E-state index in [2.05, 4.69) is 9.36 Å². The summed E-state index contributed by atoms with van der Waals surface area (Å²) >= 11 is 3.02. The molecule has 5 heteroatoms. The van der Waals surface area contributed by atoms with Gasteiger partial charge in [-0.15, -0.1) is 0 Å². The van der Waals surface area contributed by atoms with Gasteiger partial charge in [-0.25, -0.2) is 4.98 Å². The van der Waals surface area contributed by atoms with Gasteiger partial charge in [0.15, 0.2) is 4.34 Å². The molecule has 1 aromatic rings. The second-order valence-electron chi connectivity index (χ2n) is 3.65. The SMILES string of the molecule is CCc1nsc(SC2CCCCC2=O)n1. The molecule has 1 aliphatic carbocycles. The minimum atomic E-state index is 0.136. The Morgan fingerprint density at radius 3 is 3.07 bits per heavy atom. The van der Waals surface area contributed by atoms with Crippen molar-refractivity contribution in [2.24, 2.45) is 0 Å². The summed E-state index contributed by atoms with van der Waals surface area (Å²) in [4.78, 5) is 16.0. The second kappa shape index (κ2) is 5.07. The van der Waals surface area contributed by atoms with Crippen LogP contribution in [-0.4, -0.2) is 20.4 Å². The standard InChI is InChI=1S/C10H14N2OS2/c1-2-9-11-10(15-12-9)14-8-6-4-3-5-7(8)13/h8H,2-6H2,1H3. The van der Waals surface area contributed by atoms with Crippen molar-refractivity contribution in [3.05, 3.63) is 5.82 Å². The summed E-state index contributed by atoms with van der Waals surface area (Å²) in [6, 6.07) is 0. The predicted octanol–water partition coefficient (Wildman–Crippen LogP) is 2.70. The molecule has 3 nitrogen and oxygen atoms in total. The second-order valence-corrected chi connectivity index (χ2v) is 5.85. The maximum Gasteiger partial charge on any atom is 0.170 e. The number of hydrogen-bond acceptors (Lipinski definition) is 5. The van der Waals surface area contributed by atoms with E-state index in [0.29, 0.717) is 5.78 Å². The molecule has 1 aliphatic rings. The van der Waals surface area contributed by atoms with Crippen LogP contribution in [0.1, 0.15) is 38.4 Å². The average molecular weight is 242 g/mol. The molecule has 0 aliphatic heterocycles.